The van der Waals surface area contributed by atoms with Crippen LogP contribution in [0.4, 0.5) is 0 Å². The minimum absolute atomic E-state index is 0.0928. The van der Waals surface area contributed by atoms with Crippen LogP contribution in [0.5, 0.6) is 0 Å². The predicted octanol–water partition coefficient (Wildman–Crippen LogP) is 2.69. The van der Waals surface area contributed by atoms with Crippen molar-refractivity contribution in [2.45, 2.75) is 19.4 Å². The summed E-state index contributed by atoms with van der Waals surface area (Å²) in [6, 6.07) is 8.31. The lowest BCUT2D eigenvalue weighted by Crippen LogP contribution is -2.46. The van der Waals surface area contributed by atoms with E-state index in [0.717, 1.165) is 30.7 Å². The third-order valence-corrected chi connectivity index (χ3v) is 4.37. The number of rotatable bonds is 5. The fraction of sp³-hybridized carbons (Fsp3) is 0.562. The molecule has 1 aromatic carbocycles. The van der Waals surface area contributed by atoms with Gasteiger partial charge in [-0.25, -0.2) is 0 Å². The van der Waals surface area contributed by atoms with Crippen LogP contribution in [0.2, 0.25) is 0 Å². The van der Waals surface area contributed by atoms with Crippen molar-refractivity contribution >= 4 is 21.9 Å². The summed E-state index contributed by atoms with van der Waals surface area (Å²) < 4.78 is 6.19. The molecule has 1 aliphatic rings. The second-order valence-electron chi connectivity index (χ2n) is 5.42. The quantitative estimate of drug-likeness (QED) is 0.761. The Balaban J connectivity index is 2.15. The Bertz CT molecular complexity index is 473. The van der Waals surface area contributed by atoms with Gasteiger partial charge in [0.25, 0.3) is 0 Å². The number of ether oxygens (including phenoxy) is 1. The molecule has 4 nitrogen and oxygen atoms in total. The number of nitrogens with zero attached hydrogens (tertiary/aromatic N) is 2. The van der Waals surface area contributed by atoms with Crippen LogP contribution in [0.25, 0.3) is 0 Å². The molecule has 0 spiro atoms. The van der Waals surface area contributed by atoms with E-state index >= 15 is 0 Å². The Morgan fingerprint density at radius 2 is 2.05 bits per heavy atom. The van der Waals surface area contributed by atoms with Crippen LogP contribution < -0.4 is 0 Å². The van der Waals surface area contributed by atoms with E-state index in [1.54, 1.807) is 0 Å². The largest absolute Gasteiger partial charge is 0.466 e. The average Bonchev–Trinajstić information content (AvgIpc) is 2.46. The van der Waals surface area contributed by atoms with Crippen molar-refractivity contribution in [3.63, 3.8) is 0 Å². The zero-order valence-corrected chi connectivity index (χ0v) is 14.3. The highest BCUT2D eigenvalue weighted by atomic mass is 79.9. The van der Waals surface area contributed by atoms with Crippen molar-refractivity contribution in [2.24, 2.45) is 0 Å². The molecule has 0 aromatic heterocycles. The summed E-state index contributed by atoms with van der Waals surface area (Å²) in [6.45, 7) is 6.31. The minimum atomic E-state index is -0.124. The lowest BCUT2D eigenvalue weighted by molar-refractivity contribution is -0.144. The van der Waals surface area contributed by atoms with Gasteiger partial charge in [0.2, 0.25) is 0 Å². The van der Waals surface area contributed by atoms with Crippen molar-refractivity contribution < 1.29 is 9.53 Å². The number of benzene rings is 1. The van der Waals surface area contributed by atoms with E-state index < -0.39 is 0 Å². The van der Waals surface area contributed by atoms with E-state index in [1.165, 1.54) is 5.56 Å². The van der Waals surface area contributed by atoms with E-state index in [4.69, 9.17) is 4.74 Å². The van der Waals surface area contributed by atoms with Crippen LogP contribution in [0.3, 0.4) is 0 Å². The van der Waals surface area contributed by atoms with Crippen LogP contribution in [0, 0.1) is 0 Å². The highest BCUT2D eigenvalue weighted by Crippen LogP contribution is 2.28. The van der Waals surface area contributed by atoms with Crippen molar-refractivity contribution in [3.8, 4) is 0 Å². The minimum Gasteiger partial charge on any atom is -0.466 e. The van der Waals surface area contributed by atoms with Crippen molar-refractivity contribution in [1.29, 1.82) is 0 Å². The smallest absolute Gasteiger partial charge is 0.307 e. The number of halogens is 1. The first-order valence-electron chi connectivity index (χ1n) is 7.44. The summed E-state index contributed by atoms with van der Waals surface area (Å²) in [5.74, 6) is -0.124. The molecule has 1 aromatic rings. The molecule has 0 amide bonds. The van der Waals surface area contributed by atoms with Crippen LogP contribution in [-0.2, 0) is 9.53 Å². The molecule has 1 fully saturated rings. The molecular formula is C16H23BrN2O2. The first-order valence-corrected chi connectivity index (χ1v) is 8.23. The second kappa shape index (κ2) is 7.92. The predicted molar refractivity (Wildman–Crippen MR) is 87.2 cm³/mol. The number of carbonyl (C=O) groups is 1. The maximum absolute atomic E-state index is 11.9. The molecule has 116 valence electrons. The van der Waals surface area contributed by atoms with Crippen LogP contribution in [-0.4, -0.2) is 55.6 Å². The van der Waals surface area contributed by atoms with Gasteiger partial charge in [-0.05, 0) is 31.7 Å². The van der Waals surface area contributed by atoms with E-state index in [2.05, 4.69) is 44.9 Å². The molecule has 1 atom stereocenters. The van der Waals surface area contributed by atoms with Gasteiger partial charge in [0.15, 0.2) is 0 Å². The summed E-state index contributed by atoms with van der Waals surface area (Å²) in [4.78, 5) is 16.7. The third-order valence-electron chi connectivity index (χ3n) is 3.88. The van der Waals surface area contributed by atoms with Gasteiger partial charge in [-0.2, -0.15) is 0 Å². The first-order chi connectivity index (χ1) is 10.1. The molecular weight excluding hydrogens is 332 g/mol. The SMILES string of the molecule is CCOC(=O)CC(c1cccc(Br)c1)N1CCN(C)CC1. The van der Waals surface area contributed by atoms with Crippen LogP contribution in [0.15, 0.2) is 28.7 Å². The molecule has 1 unspecified atom stereocenters. The topological polar surface area (TPSA) is 32.8 Å². The fourth-order valence-corrected chi connectivity index (χ4v) is 3.10. The number of piperazine rings is 1. The number of likely N-dealkylation sites (N-methyl/N-ethyl adjacent to an activating group) is 1. The number of carbonyl (C=O) groups excluding carboxylic acids is 1. The Morgan fingerprint density at radius 1 is 1.33 bits per heavy atom. The van der Waals surface area contributed by atoms with Gasteiger partial charge >= 0.3 is 5.97 Å². The van der Waals surface area contributed by atoms with Gasteiger partial charge in [0.05, 0.1) is 13.0 Å². The molecule has 1 heterocycles. The van der Waals surface area contributed by atoms with Gasteiger partial charge in [-0.15, -0.1) is 0 Å². The maximum Gasteiger partial charge on any atom is 0.307 e. The summed E-state index contributed by atoms with van der Waals surface area (Å²) >= 11 is 3.52. The Kier molecular flexibility index (Phi) is 6.21. The summed E-state index contributed by atoms with van der Waals surface area (Å²) in [7, 11) is 2.14. The summed E-state index contributed by atoms with van der Waals surface area (Å²) in [5.41, 5.74) is 1.17. The fourth-order valence-electron chi connectivity index (χ4n) is 2.68. The number of hydrogen-bond donors (Lipinski definition) is 0. The molecule has 0 saturated carbocycles. The van der Waals surface area contributed by atoms with E-state index in [-0.39, 0.29) is 12.0 Å². The van der Waals surface area contributed by atoms with Gasteiger partial charge in [0.1, 0.15) is 0 Å². The monoisotopic (exact) mass is 354 g/mol. The molecule has 1 aliphatic heterocycles. The van der Waals surface area contributed by atoms with Gasteiger partial charge in [0, 0.05) is 36.7 Å². The van der Waals surface area contributed by atoms with Gasteiger partial charge in [-0.3, -0.25) is 9.69 Å². The van der Waals surface area contributed by atoms with E-state index in [9.17, 15) is 4.79 Å². The number of hydrogen-bond acceptors (Lipinski definition) is 4. The molecule has 1 saturated heterocycles. The summed E-state index contributed by atoms with van der Waals surface area (Å²) in [6.07, 6.45) is 0.411. The highest BCUT2D eigenvalue weighted by Gasteiger charge is 2.26. The van der Waals surface area contributed by atoms with Gasteiger partial charge in [-0.1, -0.05) is 28.1 Å². The Labute approximate surface area is 135 Å². The van der Waals surface area contributed by atoms with Crippen LogP contribution in [0.1, 0.15) is 24.9 Å². The standard InChI is InChI=1S/C16H23BrN2O2/c1-3-21-16(20)12-15(13-5-4-6-14(17)11-13)19-9-7-18(2)8-10-19/h4-6,11,15H,3,7-10,12H2,1-2H3. The third kappa shape index (κ3) is 4.80. The maximum atomic E-state index is 11.9. The zero-order valence-electron chi connectivity index (χ0n) is 12.7. The Morgan fingerprint density at radius 3 is 2.67 bits per heavy atom. The normalized spacial score (nSPS) is 18.4. The molecule has 5 heteroatoms. The molecule has 2 rings (SSSR count). The second-order valence-corrected chi connectivity index (χ2v) is 6.33. The average molecular weight is 355 g/mol. The van der Waals surface area contributed by atoms with Crippen LogP contribution >= 0.6 is 15.9 Å². The van der Waals surface area contributed by atoms with E-state index in [1.807, 2.05) is 19.1 Å². The first kappa shape index (κ1) is 16.5. The summed E-state index contributed by atoms with van der Waals surface area (Å²) in [5, 5.41) is 0. The molecule has 0 aliphatic carbocycles. The van der Waals surface area contributed by atoms with Crippen molar-refractivity contribution in [3.05, 3.63) is 34.3 Å². The zero-order chi connectivity index (χ0) is 15.2. The molecule has 0 bridgehead atoms. The lowest BCUT2D eigenvalue weighted by Gasteiger charge is -2.38. The molecule has 0 radical (unpaired) electrons. The molecule has 0 N–H and O–H groups in total. The molecule has 21 heavy (non-hydrogen) atoms. The van der Waals surface area contributed by atoms with E-state index in [0.29, 0.717) is 13.0 Å². The number of esters is 1. The van der Waals surface area contributed by atoms with Gasteiger partial charge < -0.3 is 9.64 Å². The highest BCUT2D eigenvalue weighted by molar-refractivity contribution is 9.10. The van der Waals surface area contributed by atoms with Crippen molar-refractivity contribution in [1.82, 2.24) is 9.80 Å². The van der Waals surface area contributed by atoms with Crippen molar-refractivity contribution in [2.75, 3.05) is 39.8 Å². The lowest BCUT2D eigenvalue weighted by atomic mass is 10.0. The Hall–Kier alpha value is -0.910.